The molecule has 24 heavy (non-hydrogen) atoms. The SMILES string of the molecule is CC(C)C[C@@H](C(=O)CN(C)c1cccnc1)N(C(=O)O)C(C)(C)C. The molecule has 1 aromatic rings. The van der Waals surface area contributed by atoms with Gasteiger partial charge in [0.25, 0.3) is 0 Å². The molecule has 0 aliphatic carbocycles. The van der Waals surface area contributed by atoms with Crippen LogP contribution in [0.3, 0.4) is 0 Å². The highest BCUT2D eigenvalue weighted by atomic mass is 16.4. The molecule has 134 valence electrons. The lowest BCUT2D eigenvalue weighted by Gasteiger charge is -2.40. The zero-order valence-electron chi connectivity index (χ0n) is 15.5. The van der Waals surface area contributed by atoms with Crippen molar-refractivity contribution in [1.82, 2.24) is 9.88 Å². The summed E-state index contributed by atoms with van der Waals surface area (Å²) in [7, 11) is 1.81. The van der Waals surface area contributed by atoms with Gasteiger partial charge in [-0.15, -0.1) is 0 Å². The topological polar surface area (TPSA) is 73.7 Å². The van der Waals surface area contributed by atoms with E-state index in [0.717, 1.165) is 5.69 Å². The number of nitrogens with zero attached hydrogens (tertiary/aromatic N) is 3. The van der Waals surface area contributed by atoms with Crippen molar-refractivity contribution in [2.75, 3.05) is 18.5 Å². The average Bonchev–Trinajstić information content (AvgIpc) is 2.45. The number of carbonyl (C=O) groups excluding carboxylic acids is 1. The summed E-state index contributed by atoms with van der Waals surface area (Å²) in [5.74, 6) is 0.110. The Hall–Kier alpha value is -2.11. The maximum atomic E-state index is 12.9. The first-order valence-corrected chi connectivity index (χ1v) is 8.20. The molecule has 0 saturated carbocycles. The van der Waals surface area contributed by atoms with E-state index < -0.39 is 17.7 Å². The van der Waals surface area contributed by atoms with Gasteiger partial charge in [0.05, 0.1) is 24.5 Å². The molecule has 1 atom stereocenters. The van der Waals surface area contributed by atoms with Crippen LogP contribution in [0.15, 0.2) is 24.5 Å². The number of pyridine rings is 1. The van der Waals surface area contributed by atoms with Crippen LogP contribution in [-0.2, 0) is 4.79 Å². The van der Waals surface area contributed by atoms with Crippen LogP contribution >= 0.6 is 0 Å². The van der Waals surface area contributed by atoms with Crippen LogP contribution in [0.2, 0.25) is 0 Å². The van der Waals surface area contributed by atoms with Gasteiger partial charge in [-0.05, 0) is 45.2 Å². The second-order valence-corrected chi connectivity index (χ2v) is 7.50. The Morgan fingerprint density at radius 2 is 1.92 bits per heavy atom. The summed E-state index contributed by atoms with van der Waals surface area (Å²) < 4.78 is 0. The third-order valence-electron chi connectivity index (χ3n) is 3.79. The maximum Gasteiger partial charge on any atom is 0.408 e. The van der Waals surface area contributed by atoms with E-state index in [9.17, 15) is 14.7 Å². The minimum absolute atomic E-state index is 0.104. The van der Waals surface area contributed by atoms with Gasteiger partial charge in [-0.1, -0.05) is 13.8 Å². The van der Waals surface area contributed by atoms with Gasteiger partial charge in [0.15, 0.2) is 5.78 Å². The van der Waals surface area contributed by atoms with Crippen molar-refractivity contribution in [2.45, 2.75) is 52.6 Å². The number of likely N-dealkylation sites (N-methyl/N-ethyl adjacent to an activating group) is 1. The molecule has 6 heteroatoms. The predicted octanol–water partition coefficient (Wildman–Crippen LogP) is 3.28. The number of amides is 1. The van der Waals surface area contributed by atoms with Crippen LogP contribution in [-0.4, -0.2) is 52.0 Å². The van der Waals surface area contributed by atoms with Gasteiger partial charge in [-0.2, -0.15) is 0 Å². The van der Waals surface area contributed by atoms with Crippen molar-refractivity contribution in [3.8, 4) is 0 Å². The molecular weight excluding hydrogens is 306 g/mol. The minimum Gasteiger partial charge on any atom is -0.465 e. The molecule has 0 spiro atoms. The first kappa shape index (κ1) is 19.9. The molecule has 0 aromatic carbocycles. The first-order valence-electron chi connectivity index (χ1n) is 8.20. The molecular formula is C18H29N3O3. The van der Waals surface area contributed by atoms with Crippen molar-refractivity contribution >= 4 is 17.6 Å². The molecule has 6 nitrogen and oxygen atoms in total. The zero-order chi connectivity index (χ0) is 18.5. The Balaban J connectivity index is 3.02. The highest BCUT2D eigenvalue weighted by molar-refractivity contribution is 5.90. The number of aromatic nitrogens is 1. The van der Waals surface area contributed by atoms with Crippen LogP contribution in [0.5, 0.6) is 0 Å². The Labute approximate surface area is 144 Å². The van der Waals surface area contributed by atoms with Gasteiger partial charge in [-0.3, -0.25) is 14.7 Å². The Morgan fingerprint density at radius 3 is 2.33 bits per heavy atom. The summed E-state index contributed by atoms with van der Waals surface area (Å²) in [6.45, 7) is 9.57. The fraction of sp³-hybridized carbons (Fsp3) is 0.611. The molecule has 1 rings (SSSR count). The number of carbonyl (C=O) groups is 2. The molecule has 1 N–H and O–H groups in total. The summed E-state index contributed by atoms with van der Waals surface area (Å²) in [5, 5.41) is 9.64. The van der Waals surface area contributed by atoms with Crippen molar-refractivity contribution in [3.05, 3.63) is 24.5 Å². The molecule has 0 aliphatic heterocycles. The number of hydrogen-bond donors (Lipinski definition) is 1. The van der Waals surface area contributed by atoms with Gasteiger partial charge in [-0.25, -0.2) is 4.79 Å². The Morgan fingerprint density at radius 1 is 1.29 bits per heavy atom. The largest absolute Gasteiger partial charge is 0.465 e. The molecule has 0 unspecified atom stereocenters. The molecule has 1 heterocycles. The lowest BCUT2D eigenvalue weighted by atomic mass is 9.94. The van der Waals surface area contributed by atoms with E-state index in [0.29, 0.717) is 6.42 Å². The van der Waals surface area contributed by atoms with Crippen molar-refractivity contribution in [1.29, 1.82) is 0 Å². The van der Waals surface area contributed by atoms with E-state index in [2.05, 4.69) is 4.98 Å². The number of hydrogen-bond acceptors (Lipinski definition) is 4. The maximum absolute atomic E-state index is 12.9. The number of Topliss-reactive ketones (excluding diaryl/α,β-unsaturated/α-hetero) is 1. The molecule has 0 bridgehead atoms. The molecule has 0 aliphatic rings. The van der Waals surface area contributed by atoms with E-state index in [1.165, 1.54) is 4.90 Å². The van der Waals surface area contributed by atoms with Crippen molar-refractivity contribution in [3.63, 3.8) is 0 Å². The first-order chi connectivity index (χ1) is 11.0. The van der Waals surface area contributed by atoms with E-state index in [1.807, 2.05) is 47.7 Å². The monoisotopic (exact) mass is 335 g/mol. The zero-order valence-corrected chi connectivity index (χ0v) is 15.5. The smallest absolute Gasteiger partial charge is 0.408 e. The second-order valence-electron chi connectivity index (χ2n) is 7.50. The van der Waals surface area contributed by atoms with Crippen LogP contribution in [0.1, 0.15) is 41.0 Å². The predicted molar refractivity (Wildman–Crippen MR) is 95.4 cm³/mol. The molecule has 0 radical (unpaired) electrons. The lowest BCUT2D eigenvalue weighted by molar-refractivity contribution is -0.124. The Bertz CT molecular complexity index is 552. The molecule has 1 amide bonds. The normalized spacial score (nSPS) is 12.8. The summed E-state index contributed by atoms with van der Waals surface area (Å²) >= 11 is 0. The third-order valence-corrected chi connectivity index (χ3v) is 3.79. The highest BCUT2D eigenvalue weighted by Gasteiger charge is 2.37. The fourth-order valence-electron chi connectivity index (χ4n) is 2.73. The second kappa shape index (κ2) is 8.13. The summed E-state index contributed by atoms with van der Waals surface area (Å²) in [6.07, 6.45) is 2.80. The van der Waals surface area contributed by atoms with Crippen molar-refractivity contribution in [2.24, 2.45) is 5.92 Å². The van der Waals surface area contributed by atoms with Crippen LogP contribution in [0.4, 0.5) is 10.5 Å². The van der Waals surface area contributed by atoms with Gasteiger partial charge in [0.1, 0.15) is 0 Å². The van der Waals surface area contributed by atoms with E-state index in [1.54, 1.807) is 23.4 Å². The summed E-state index contributed by atoms with van der Waals surface area (Å²) in [5.41, 5.74) is 0.181. The number of anilines is 1. The number of ketones is 1. The van der Waals surface area contributed by atoms with E-state index in [-0.39, 0.29) is 18.2 Å². The van der Waals surface area contributed by atoms with Gasteiger partial charge >= 0.3 is 6.09 Å². The Kier molecular flexibility index (Phi) is 6.75. The molecule has 1 aromatic heterocycles. The van der Waals surface area contributed by atoms with Crippen molar-refractivity contribution < 1.29 is 14.7 Å². The number of carboxylic acid groups (broad SMARTS) is 1. The van der Waals surface area contributed by atoms with Gasteiger partial charge < -0.3 is 10.0 Å². The highest BCUT2D eigenvalue weighted by Crippen LogP contribution is 2.23. The molecule has 0 fully saturated rings. The standard InChI is InChI=1S/C18H29N3O3/c1-13(2)10-15(21(17(23)24)18(3,4)5)16(22)12-20(6)14-8-7-9-19-11-14/h7-9,11,13,15H,10,12H2,1-6H3,(H,23,24)/t15-/m0/s1. The summed E-state index contributed by atoms with van der Waals surface area (Å²) in [4.78, 5) is 31.8. The fourth-order valence-corrected chi connectivity index (χ4v) is 2.73. The third kappa shape index (κ3) is 5.51. The average molecular weight is 335 g/mol. The lowest BCUT2D eigenvalue weighted by Crippen LogP contribution is -2.56. The quantitative estimate of drug-likeness (QED) is 0.828. The van der Waals surface area contributed by atoms with Crippen LogP contribution in [0.25, 0.3) is 0 Å². The number of rotatable bonds is 7. The van der Waals surface area contributed by atoms with Crippen LogP contribution < -0.4 is 4.90 Å². The van der Waals surface area contributed by atoms with Gasteiger partial charge in [0.2, 0.25) is 0 Å². The minimum atomic E-state index is -1.06. The molecule has 0 saturated heterocycles. The van der Waals surface area contributed by atoms with Crippen LogP contribution in [0, 0.1) is 5.92 Å². The summed E-state index contributed by atoms with van der Waals surface area (Å²) in [6, 6.07) is 3.01. The van der Waals surface area contributed by atoms with Gasteiger partial charge in [0, 0.05) is 18.8 Å². The van der Waals surface area contributed by atoms with E-state index in [4.69, 9.17) is 0 Å². The van der Waals surface area contributed by atoms with E-state index >= 15 is 0 Å².